The normalized spacial score (nSPS) is 20.3. The molecule has 0 unspecified atom stereocenters. The maximum Gasteiger partial charge on any atom is 0.267 e. The maximum atomic E-state index is 12.3. The van der Waals surface area contributed by atoms with E-state index in [1.54, 1.807) is 39.2 Å². The first-order valence-electron chi connectivity index (χ1n) is 8.92. The molecule has 8 heteroatoms. The summed E-state index contributed by atoms with van der Waals surface area (Å²) in [5.74, 6) is 0.621. The van der Waals surface area contributed by atoms with Gasteiger partial charge in [-0.25, -0.2) is 14.3 Å². The van der Waals surface area contributed by atoms with Crippen molar-refractivity contribution in [2.75, 3.05) is 0 Å². The van der Waals surface area contributed by atoms with Gasteiger partial charge in [0.25, 0.3) is 5.56 Å². The average Bonchev–Trinajstić information content (AvgIpc) is 3.33. The SMILES string of the molecule is Cc1ccsc1CNC1CCC(n2nc(-n3cncn3)ccc2=O)CC1. The zero-order valence-electron chi connectivity index (χ0n) is 14.7. The van der Waals surface area contributed by atoms with Crippen molar-refractivity contribution < 1.29 is 0 Å². The Labute approximate surface area is 155 Å². The standard InChI is InChI=1S/C18H22N6OS/c1-13-8-9-26-16(13)10-20-14-2-4-15(5-3-14)24-18(25)7-6-17(22-24)23-12-19-11-21-23/h6-9,11-12,14-15,20H,2-5,10H2,1H3. The molecule has 0 atom stereocenters. The Balaban J connectivity index is 1.39. The van der Waals surface area contributed by atoms with E-state index in [1.807, 2.05) is 0 Å². The molecule has 3 heterocycles. The van der Waals surface area contributed by atoms with Gasteiger partial charge >= 0.3 is 0 Å². The van der Waals surface area contributed by atoms with Gasteiger partial charge in [-0.05, 0) is 55.7 Å². The summed E-state index contributed by atoms with van der Waals surface area (Å²) in [4.78, 5) is 17.6. The van der Waals surface area contributed by atoms with E-state index >= 15 is 0 Å². The van der Waals surface area contributed by atoms with Crippen LogP contribution in [0.2, 0.25) is 0 Å². The lowest BCUT2D eigenvalue weighted by Gasteiger charge is -2.29. The van der Waals surface area contributed by atoms with Crippen LogP contribution >= 0.6 is 11.3 Å². The largest absolute Gasteiger partial charge is 0.309 e. The van der Waals surface area contributed by atoms with E-state index in [9.17, 15) is 4.79 Å². The fourth-order valence-corrected chi connectivity index (χ4v) is 4.33. The number of rotatable bonds is 5. The van der Waals surface area contributed by atoms with Crippen molar-refractivity contribution in [1.82, 2.24) is 29.9 Å². The number of nitrogens with one attached hydrogen (secondary N) is 1. The summed E-state index contributed by atoms with van der Waals surface area (Å²) in [6.07, 6.45) is 7.06. The highest BCUT2D eigenvalue weighted by molar-refractivity contribution is 7.10. The molecule has 0 saturated heterocycles. The van der Waals surface area contributed by atoms with Gasteiger partial charge in [-0.2, -0.15) is 5.10 Å². The Morgan fingerprint density at radius 3 is 2.77 bits per heavy atom. The Kier molecular flexibility index (Phi) is 4.94. The van der Waals surface area contributed by atoms with Gasteiger partial charge in [-0.3, -0.25) is 4.79 Å². The molecule has 7 nitrogen and oxygen atoms in total. The third-order valence-corrected chi connectivity index (χ3v) is 6.05. The fourth-order valence-electron chi connectivity index (χ4n) is 3.47. The quantitative estimate of drug-likeness (QED) is 0.746. The van der Waals surface area contributed by atoms with Gasteiger partial charge in [0.15, 0.2) is 5.82 Å². The lowest BCUT2D eigenvalue weighted by molar-refractivity contribution is 0.268. The molecule has 0 radical (unpaired) electrons. The van der Waals surface area contributed by atoms with Crippen molar-refractivity contribution in [2.45, 2.75) is 51.2 Å². The van der Waals surface area contributed by atoms with Crippen LogP contribution in [0.25, 0.3) is 5.82 Å². The first-order chi connectivity index (χ1) is 12.7. The van der Waals surface area contributed by atoms with E-state index in [4.69, 9.17) is 0 Å². The molecule has 0 aromatic carbocycles. The molecule has 0 amide bonds. The number of hydrogen-bond acceptors (Lipinski definition) is 6. The van der Waals surface area contributed by atoms with Crippen molar-refractivity contribution in [3.8, 4) is 5.82 Å². The van der Waals surface area contributed by atoms with Gasteiger partial charge in [0.1, 0.15) is 12.7 Å². The van der Waals surface area contributed by atoms with Gasteiger partial charge in [0.2, 0.25) is 0 Å². The average molecular weight is 370 g/mol. The van der Waals surface area contributed by atoms with Gasteiger partial charge in [0, 0.05) is 23.5 Å². The van der Waals surface area contributed by atoms with Crippen LogP contribution in [0, 0.1) is 6.92 Å². The molecule has 1 N–H and O–H groups in total. The summed E-state index contributed by atoms with van der Waals surface area (Å²) in [5, 5.41) is 14.4. The highest BCUT2D eigenvalue weighted by Crippen LogP contribution is 2.27. The van der Waals surface area contributed by atoms with Crippen LogP contribution in [0.15, 0.2) is 41.0 Å². The van der Waals surface area contributed by atoms with Crippen molar-refractivity contribution in [1.29, 1.82) is 0 Å². The van der Waals surface area contributed by atoms with Crippen LogP contribution in [0.3, 0.4) is 0 Å². The highest BCUT2D eigenvalue weighted by atomic mass is 32.1. The van der Waals surface area contributed by atoms with Crippen LogP contribution in [0.4, 0.5) is 0 Å². The van der Waals surface area contributed by atoms with Crippen LogP contribution in [0.1, 0.15) is 42.2 Å². The monoisotopic (exact) mass is 370 g/mol. The van der Waals surface area contributed by atoms with Gasteiger partial charge in [-0.15, -0.1) is 16.4 Å². The minimum Gasteiger partial charge on any atom is -0.309 e. The summed E-state index contributed by atoms with van der Waals surface area (Å²) < 4.78 is 3.20. The summed E-state index contributed by atoms with van der Waals surface area (Å²) in [5.41, 5.74) is 1.30. The predicted octanol–water partition coefficient (Wildman–Crippen LogP) is 2.47. The van der Waals surface area contributed by atoms with Crippen molar-refractivity contribution in [2.24, 2.45) is 0 Å². The van der Waals surface area contributed by atoms with E-state index in [0.29, 0.717) is 11.9 Å². The molecule has 136 valence electrons. The number of aryl methyl sites for hydroxylation is 1. The zero-order valence-corrected chi connectivity index (χ0v) is 15.5. The first kappa shape index (κ1) is 17.1. The summed E-state index contributed by atoms with van der Waals surface area (Å²) >= 11 is 1.81. The second-order valence-electron chi connectivity index (χ2n) is 6.73. The van der Waals surface area contributed by atoms with Crippen molar-refractivity contribution in [3.05, 3.63) is 57.0 Å². The van der Waals surface area contributed by atoms with E-state index < -0.39 is 0 Å². The molecule has 3 aromatic rings. The lowest BCUT2D eigenvalue weighted by atomic mass is 9.91. The van der Waals surface area contributed by atoms with Crippen molar-refractivity contribution in [3.63, 3.8) is 0 Å². The molecule has 0 spiro atoms. The molecule has 26 heavy (non-hydrogen) atoms. The third kappa shape index (κ3) is 3.61. The molecule has 1 aliphatic carbocycles. The Morgan fingerprint density at radius 1 is 1.23 bits per heavy atom. The third-order valence-electron chi connectivity index (χ3n) is 5.03. The molecule has 1 saturated carbocycles. The number of nitrogens with zero attached hydrogens (tertiary/aromatic N) is 5. The molecule has 4 rings (SSSR count). The highest BCUT2D eigenvalue weighted by Gasteiger charge is 2.24. The molecular formula is C18H22N6OS. The molecular weight excluding hydrogens is 348 g/mol. The van der Waals surface area contributed by atoms with Crippen LogP contribution in [-0.4, -0.2) is 30.6 Å². The van der Waals surface area contributed by atoms with E-state index in [2.05, 4.69) is 38.9 Å². The van der Waals surface area contributed by atoms with E-state index in [0.717, 1.165) is 32.2 Å². The minimum atomic E-state index is -0.0560. The summed E-state index contributed by atoms with van der Waals surface area (Å²) in [6, 6.07) is 6.06. The summed E-state index contributed by atoms with van der Waals surface area (Å²) in [7, 11) is 0. The lowest BCUT2D eigenvalue weighted by Crippen LogP contribution is -2.36. The number of hydrogen-bond donors (Lipinski definition) is 1. The molecule has 0 aliphatic heterocycles. The van der Waals surface area contributed by atoms with Crippen LogP contribution in [-0.2, 0) is 6.54 Å². The fraction of sp³-hybridized carbons (Fsp3) is 0.444. The van der Waals surface area contributed by atoms with Crippen molar-refractivity contribution >= 4 is 11.3 Å². The van der Waals surface area contributed by atoms with Gasteiger partial charge < -0.3 is 5.32 Å². The van der Waals surface area contributed by atoms with E-state index in [1.165, 1.54) is 16.8 Å². The Morgan fingerprint density at radius 2 is 2.08 bits per heavy atom. The summed E-state index contributed by atoms with van der Waals surface area (Å²) in [6.45, 7) is 3.09. The van der Waals surface area contributed by atoms with Crippen LogP contribution in [0.5, 0.6) is 0 Å². The smallest absolute Gasteiger partial charge is 0.267 e. The second-order valence-corrected chi connectivity index (χ2v) is 7.73. The topological polar surface area (TPSA) is 77.6 Å². The van der Waals surface area contributed by atoms with Gasteiger partial charge in [0.05, 0.1) is 6.04 Å². The number of thiophene rings is 1. The molecule has 3 aromatic heterocycles. The molecule has 0 bridgehead atoms. The zero-order chi connectivity index (χ0) is 17.9. The maximum absolute atomic E-state index is 12.3. The van der Waals surface area contributed by atoms with Crippen LogP contribution < -0.4 is 10.9 Å². The Bertz CT molecular complexity index is 908. The minimum absolute atomic E-state index is 0.0560. The van der Waals surface area contributed by atoms with E-state index in [-0.39, 0.29) is 11.6 Å². The second kappa shape index (κ2) is 7.51. The van der Waals surface area contributed by atoms with Gasteiger partial charge in [-0.1, -0.05) is 0 Å². The molecule has 1 aliphatic rings. The molecule has 1 fully saturated rings. The first-order valence-corrected chi connectivity index (χ1v) is 9.80. The number of aromatic nitrogens is 5. The predicted molar refractivity (Wildman–Crippen MR) is 101 cm³/mol. The Hall–Kier alpha value is -2.32.